The molecule has 1 aliphatic heterocycles. The summed E-state index contributed by atoms with van der Waals surface area (Å²) < 4.78 is 5.44. The van der Waals surface area contributed by atoms with Crippen molar-refractivity contribution in [3.8, 4) is 0 Å². The Morgan fingerprint density at radius 3 is 2.82 bits per heavy atom. The van der Waals surface area contributed by atoms with E-state index in [4.69, 9.17) is 4.74 Å². The maximum atomic E-state index is 12.2. The zero-order valence-electron chi connectivity index (χ0n) is 10.1. The Balaban J connectivity index is 2.07. The van der Waals surface area contributed by atoms with Crippen molar-refractivity contribution in [1.29, 1.82) is 0 Å². The smallest absolute Gasteiger partial charge is 0.258 e. The fourth-order valence-corrected chi connectivity index (χ4v) is 2.66. The topological polar surface area (TPSA) is 63.2 Å². The number of hydrogen-bond acceptors (Lipinski definition) is 5. The van der Waals surface area contributed by atoms with Gasteiger partial charge >= 0.3 is 0 Å². The van der Waals surface area contributed by atoms with Crippen molar-refractivity contribution in [3.63, 3.8) is 0 Å². The molecule has 0 spiro atoms. The Morgan fingerprint density at radius 1 is 1.59 bits per heavy atom. The SMILES string of the molecule is COC1(C(=O)Nc2nc(C)cs2)CCNCC1. The number of rotatable bonds is 3. The van der Waals surface area contributed by atoms with Gasteiger partial charge in [-0.15, -0.1) is 11.3 Å². The molecule has 1 aromatic rings. The van der Waals surface area contributed by atoms with Crippen molar-refractivity contribution in [3.05, 3.63) is 11.1 Å². The lowest BCUT2D eigenvalue weighted by atomic mass is 9.91. The molecule has 1 saturated heterocycles. The van der Waals surface area contributed by atoms with Gasteiger partial charge in [-0.2, -0.15) is 0 Å². The number of nitrogens with zero attached hydrogens (tertiary/aromatic N) is 1. The average molecular weight is 255 g/mol. The first-order valence-electron chi connectivity index (χ1n) is 5.66. The maximum absolute atomic E-state index is 12.2. The molecule has 0 aromatic carbocycles. The summed E-state index contributed by atoms with van der Waals surface area (Å²) in [5.74, 6) is -0.0872. The van der Waals surface area contributed by atoms with Crippen LogP contribution in [0.2, 0.25) is 0 Å². The number of aromatic nitrogens is 1. The minimum absolute atomic E-state index is 0.0872. The van der Waals surface area contributed by atoms with E-state index < -0.39 is 5.60 Å². The molecule has 1 aromatic heterocycles. The Hall–Kier alpha value is -0.980. The van der Waals surface area contributed by atoms with Crippen LogP contribution in [0.4, 0.5) is 5.13 Å². The van der Waals surface area contributed by atoms with Crippen LogP contribution in [-0.4, -0.2) is 36.7 Å². The van der Waals surface area contributed by atoms with Gasteiger partial charge in [0.05, 0.1) is 5.69 Å². The highest BCUT2D eigenvalue weighted by molar-refractivity contribution is 7.13. The van der Waals surface area contributed by atoms with Crippen LogP contribution in [0, 0.1) is 6.92 Å². The van der Waals surface area contributed by atoms with Crippen LogP contribution in [0.5, 0.6) is 0 Å². The van der Waals surface area contributed by atoms with Crippen LogP contribution in [0.1, 0.15) is 18.5 Å². The van der Waals surface area contributed by atoms with Crippen LogP contribution in [0.25, 0.3) is 0 Å². The van der Waals surface area contributed by atoms with Gasteiger partial charge in [-0.25, -0.2) is 4.98 Å². The van der Waals surface area contributed by atoms with Crippen LogP contribution < -0.4 is 10.6 Å². The maximum Gasteiger partial charge on any atom is 0.258 e. The molecule has 0 saturated carbocycles. The monoisotopic (exact) mass is 255 g/mol. The minimum atomic E-state index is -0.704. The summed E-state index contributed by atoms with van der Waals surface area (Å²) in [7, 11) is 1.60. The van der Waals surface area contributed by atoms with Gasteiger partial charge in [-0.1, -0.05) is 0 Å². The molecule has 6 heteroatoms. The number of methoxy groups -OCH3 is 1. The van der Waals surface area contributed by atoms with E-state index in [1.54, 1.807) is 7.11 Å². The third-order valence-electron chi connectivity index (χ3n) is 3.06. The van der Waals surface area contributed by atoms with Gasteiger partial charge in [0.2, 0.25) is 0 Å². The predicted molar refractivity (Wildman–Crippen MR) is 67.3 cm³/mol. The summed E-state index contributed by atoms with van der Waals surface area (Å²) in [6.07, 6.45) is 1.39. The van der Waals surface area contributed by atoms with Crippen molar-refractivity contribution < 1.29 is 9.53 Å². The number of piperidine rings is 1. The van der Waals surface area contributed by atoms with E-state index in [0.29, 0.717) is 18.0 Å². The van der Waals surface area contributed by atoms with Gasteiger partial charge in [-0.05, 0) is 32.9 Å². The standard InChI is InChI=1S/C11H17N3O2S/c1-8-7-17-10(13-8)14-9(15)11(16-2)3-5-12-6-4-11/h7,12H,3-6H2,1-2H3,(H,13,14,15). The van der Waals surface area contributed by atoms with Gasteiger partial charge in [-0.3, -0.25) is 10.1 Å². The molecule has 0 aliphatic carbocycles. The van der Waals surface area contributed by atoms with E-state index in [9.17, 15) is 4.79 Å². The molecule has 17 heavy (non-hydrogen) atoms. The molecule has 0 unspecified atom stereocenters. The number of anilines is 1. The van der Waals surface area contributed by atoms with Crippen molar-refractivity contribution in [2.75, 3.05) is 25.5 Å². The van der Waals surface area contributed by atoms with Crippen molar-refractivity contribution >= 4 is 22.4 Å². The number of ether oxygens (including phenoxy) is 1. The first kappa shape index (κ1) is 12.5. The largest absolute Gasteiger partial charge is 0.368 e. The summed E-state index contributed by atoms with van der Waals surface area (Å²) in [5.41, 5.74) is 0.215. The molecular formula is C11H17N3O2S. The van der Waals surface area contributed by atoms with E-state index >= 15 is 0 Å². The summed E-state index contributed by atoms with van der Waals surface area (Å²) in [5, 5.41) is 8.62. The number of thiazole rings is 1. The lowest BCUT2D eigenvalue weighted by Crippen LogP contribution is -2.51. The molecule has 2 N–H and O–H groups in total. The van der Waals surface area contributed by atoms with Crippen LogP contribution in [-0.2, 0) is 9.53 Å². The molecule has 0 atom stereocenters. The number of nitrogens with one attached hydrogen (secondary N) is 2. The number of carbonyl (C=O) groups excluding carboxylic acids is 1. The lowest BCUT2D eigenvalue weighted by molar-refractivity contribution is -0.140. The fraction of sp³-hybridized carbons (Fsp3) is 0.636. The molecule has 1 amide bonds. The average Bonchev–Trinajstić information content (AvgIpc) is 2.75. The van der Waals surface area contributed by atoms with Crippen LogP contribution >= 0.6 is 11.3 Å². The molecule has 0 radical (unpaired) electrons. The quantitative estimate of drug-likeness (QED) is 0.850. The van der Waals surface area contributed by atoms with Crippen LogP contribution in [0.15, 0.2) is 5.38 Å². The van der Waals surface area contributed by atoms with Crippen LogP contribution in [0.3, 0.4) is 0 Å². The van der Waals surface area contributed by atoms with Gasteiger partial charge in [0.25, 0.3) is 5.91 Å². The molecule has 1 fully saturated rings. The summed E-state index contributed by atoms with van der Waals surface area (Å²) in [6, 6.07) is 0. The fourth-order valence-electron chi connectivity index (χ4n) is 1.98. The summed E-state index contributed by atoms with van der Waals surface area (Å²) in [6.45, 7) is 3.51. The van der Waals surface area contributed by atoms with E-state index in [0.717, 1.165) is 18.8 Å². The molecule has 1 aliphatic rings. The van der Waals surface area contributed by atoms with E-state index in [2.05, 4.69) is 15.6 Å². The first-order valence-corrected chi connectivity index (χ1v) is 6.54. The molecule has 5 nitrogen and oxygen atoms in total. The Bertz CT molecular complexity index is 399. The normalized spacial score (nSPS) is 18.9. The van der Waals surface area contributed by atoms with E-state index in [1.165, 1.54) is 11.3 Å². The van der Waals surface area contributed by atoms with Crippen molar-refractivity contribution in [1.82, 2.24) is 10.3 Å². The van der Waals surface area contributed by atoms with Gasteiger partial charge in [0.15, 0.2) is 5.13 Å². The number of hydrogen-bond donors (Lipinski definition) is 2. The van der Waals surface area contributed by atoms with E-state index in [1.807, 2.05) is 12.3 Å². The first-order chi connectivity index (χ1) is 8.16. The zero-order valence-corrected chi connectivity index (χ0v) is 10.9. The number of amides is 1. The second-order valence-electron chi connectivity index (χ2n) is 4.20. The highest BCUT2D eigenvalue weighted by atomic mass is 32.1. The Labute approximate surface area is 105 Å². The number of aryl methyl sites for hydroxylation is 1. The molecule has 94 valence electrons. The Kier molecular flexibility index (Phi) is 3.76. The summed E-state index contributed by atoms with van der Waals surface area (Å²) >= 11 is 1.44. The van der Waals surface area contributed by atoms with Gasteiger partial charge < -0.3 is 10.1 Å². The third kappa shape index (κ3) is 2.65. The molecule has 2 heterocycles. The number of carbonyl (C=O) groups is 1. The van der Waals surface area contributed by atoms with Gasteiger partial charge in [0.1, 0.15) is 5.60 Å². The zero-order chi connectivity index (χ0) is 12.3. The highest BCUT2D eigenvalue weighted by Crippen LogP contribution is 2.25. The van der Waals surface area contributed by atoms with Crippen molar-refractivity contribution in [2.45, 2.75) is 25.4 Å². The summed E-state index contributed by atoms with van der Waals surface area (Å²) in [4.78, 5) is 16.5. The highest BCUT2D eigenvalue weighted by Gasteiger charge is 2.39. The van der Waals surface area contributed by atoms with Gasteiger partial charge in [0, 0.05) is 12.5 Å². The second kappa shape index (κ2) is 5.12. The predicted octanol–water partition coefficient (Wildman–Crippen LogP) is 1.16. The molecule has 0 bridgehead atoms. The third-order valence-corrected chi connectivity index (χ3v) is 3.93. The second-order valence-corrected chi connectivity index (χ2v) is 5.05. The van der Waals surface area contributed by atoms with E-state index in [-0.39, 0.29) is 5.91 Å². The minimum Gasteiger partial charge on any atom is -0.368 e. The van der Waals surface area contributed by atoms with Crippen molar-refractivity contribution in [2.24, 2.45) is 0 Å². The Morgan fingerprint density at radius 2 is 2.29 bits per heavy atom. The lowest BCUT2D eigenvalue weighted by Gasteiger charge is -2.34. The molecular weight excluding hydrogens is 238 g/mol. The molecule has 2 rings (SSSR count).